The molecule has 1 aliphatic carbocycles. The number of alkyl halides is 2. The molecule has 1 atom stereocenters. The minimum Gasteiger partial charge on any atom is -0.354 e. The molecule has 0 spiro atoms. The van der Waals surface area contributed by atoms with Gasteiger partial charge in [0.15, 0.2) is 0 Å². The van der Waals surface area contributed by atoms with Gasteiger partial charge in [0.25, 0.3) is 5.92 Å². The predicted molar refractivity (Wildman–Crippen MR) is 64.0 cm³/mol. The normalized spacial score (nSPS) is 26.2. The molecule has 1 saturated heterocycles. The number of piperazine rings is 1. The summed E-state index contributed by atoms with van der Waals surface area (Å²) in [6.45, 7) is 5.17. The predicted octanol–water partition coefficient (Wildman–Crippen LogP) is 1.49. The van der Waals surface area contributed by atoms with Crippen molar-refractivity contribution in [1.82, 2.24) is 15.3 Å². The number of hydrogen-bond acceptors (Lipinski definition) is 4. The number of aromatic nitrogens is 2. The standard InChI is InChI=1S/C12H16F2N4/c1-8-6-12(13,14)10-9(8)11(17-7-16-10)18-4-2-15-3-5-18/h7-8,15H,2-6H2,1H3/t8-/m1/s1. The third-order valence-electron chi connectivity index (χ3n) is 3.68. The van der Waals surface area contributed by atoms with Gasteiger partial charge in [0.2, 0.25) is 0 Å². The Morgan fingerprint density at radius 3 is 2.78 bits per heavy atom. The van der Waals surface area contributed by atoms with Crippen LogP contribution >= 0.6 is 0 Å². The highest BCUT2D eigenvalue weighted by atomic mass is 19.3. The van der Waals surface area contributed by atoms with Crippen LogP contribution in [0.25, 0.3) is 0 Å². The minimum absolute atomic E-state index is 0.0708. The molecule has 1 aromatic rings. The zero-order chi connectivity index (χ0) is 12.8. The van der Waals surface area contributed by atoms with E-state index < -0.39 is 5.92 Å². The zero-order valence-electron chi connectivity index (χ0n) is 10.3. The van der Waals surface area contributed by atoms with Gasteiger partial charge in [-0.2, -0.15) is 8.78 Å². The largest absolute Gasteiger partial charge is 0.354 e. The van der Waals surface area contributed by atoms with Crippen LogP contribution in [-0.4, -0.2) is 36.1 Å². The van der Waals surface area contributed by atoms with Gasteiger partial charge in [0.05, 0.1) is 0 Å². The number of fused-ring (bicyclic) bond motifs is 1. The Bertz CT molecular complexity index is 457. The summed E-state index contributed by atoms with van der Waals surface area (Å²) in [7, 11) is 0. The SMILES string of the molecule is C[C@@H]1CC(F)(F)c2ncnc(N3CCNCC3)c21. The monoisotopic (exact) mass is 254 g/mol. The maximum Gasteiger partial charge on any atom is 0.290 e. The van der Waals surface area contributed by atoms with Gasteiger partial charge < -0.3 is 10.2 Å². The first-order valence-electron chi connectivity index (χ1n) is 6.28. The van der Waals surface area contributed by atoms with Crippen LogP contribution in [0.2, 0.25) is 0 Å². The topological polar surface area (TPSA) is 41.1 Å². The number of anilines is 1. The molecule has 1 N–H and O–H groups in total. The first kappa shape index (κ1) is 11.8. The van der Waals surface area contributed by atoms with Gasteiger partial charge in [-0.05, 0) is 5.92 Å². The molecule has 6 heteroatoms. The molecule has 2 heterocycles. The van der Waals surface area contributed by atoms with E-state index in [2.05, 4.69) is 20.2 Å². The van der Waals surface area contributed by atoms with Crippen LogP contribution in [0.4, 0.5) is 14.6 Å². The second kappa shape index (κ2) is 4.12. The summed E-state index contributed by atoms with van der Waals surface area (Å²) in [6.07, 6.45) is 1.11. The molecule has 4 nitrogen and oxygen atoms in total. The van der Waals surface area contributed by atoms with Crippen LogP contribution in [0.1, 0.15) is 30.5 Å². The third kappa shape index (κ3) is 1.75. The lowest BCUT2D eigenvalue weighted by atomic mass is 10.1. The molecule has 0 aromatic carbocycles. The molecule has 18 heavy (non-hydrogen) atoms. The van der Waals surface area contributed by atoms with E-state index in [1.165, 1.54) is 6.33 Å². The maximum atomic E-state index is 13.8. The Kier molecular flexibility index (Phi) is 2.69. The molecule has 0 saturated carbocycles. The van der Waals surface area contributed by atoms with Gasteiger partial charge in [0.1, 0.15) is 17.8 Å². The third-order valence-corrected chi connectivity index (χ3v) is 3.68. The smallest absolute Gasteiger partial charge is 0.290 e. The van der Waals surface area contributed by atoms with Crippen molar-refractivity contribution in [1.29, 1.82) is 0 Å². The molecule has 3 rings (SSSR count). The molecular formula is C12H16F2N4. The summed E-state index contributed by atoms with van der Waals surface area (Å²) in [5.41, 5.74) is 0.572. The molecule has 0 radical (unpaired) electrons. The van der Waals surface area contributed by atoms with Crippen molar-refractivity contribution in [3.05, 3.63) is 17.6 Å². The van der Waals surface area contributed by atoms with Crippen molar-refractivity contribution in [3.63, 3.8) is 0 Å². The van der Waals surface area contributed by atoms with Crippen LogP contribution < -0.4 is 10.2 Å². The Hall–Kier alpha value is -1.30. The highest BCUT2D eigenvalue weighted by Crippen LogP contribution is 2.49. The fraction of sp³-hybridized carbons (Fsp3) is 0.667. The number of nitrogens with zero attached hydrogens (tertiary/aromatic N) is 3. The average molecular weight is 254 g/mol. The van der Waals surface area contributed by atoms with Gasteiger partial charge in [-0.25, -0.2) is 9.97 Å². The van der Waals surface area contributed by atoms with Crippen LogP contribution in [0.5, 0.6) is 0 Å². The summed E-state index contributed by atoms with van der Waals surface area (Å²) in [4.78, 5) is 10.1. The maximum absolute atomic E-state index is 13.8. The lowest BCUT2D eigenvalue weighted by molar-refractivity contribution is -0.00976. The Balaban J connectivity index is 2.04. The Morgan fingerprint density at radius 2 is 2.06 bits per heavy atom. The zero-order valence-corrected chi connectivity index (χ0v) is 10.3. The summed E-state index contributed by atoms with van der Waals surface area (Å²) in [6, 6.07) is 0. The van der Waals surface area contributed by atoms with Crippen molar-refractivity contribution in [2.24, 2.45) is 0 Å². The molecule has 2 aliphatic rings. The summed E-state index contributed by atoms with van der Waals surface area (Å²) in [5, 5.41) is 3.25. The highest BCUT2D eigenvalue weighted by molar-refractivity contribution is 5.54. The van der Waals surface area contributed by atoms with E-state index in [1.54, 1.807) is 0 Å². The molecule has 98 valence electrons. The first-order valence-corrected chi connectivity index (χ1v) is 6.28. The van der Waals surface area contributed by atoms with E-state index >= 15 is 0 Å². The number of hydrogen-bond donors (Lipinski definition) is 1. The summed E-state index contributed by atoms with van der Waals surface area (Å²) in [5.74, 6) is -2.28. The second-order valence-corrected chi connectivity index (χ2v) is 5.01. The molecule has 1 aromatic heterocycles. The van der Waals surface area contributed by atoms with Gasteiger partial charge in [0, 0.05) is 38.2 Å². The van der Waals surface area contributed by atoms with Crippen molar-refractivity contribution in [3.8, 4) is 0 Å². The molecule has 1 fully saturated rings. The molecule has 0 bridgehead atoms. The molecule has 0 unspecified atom stereocenters. The highest BCUT2D eigenvalue weighted by Gasteiger charge is 2.47. The van der Waals surface area contributed by atoms with Gasteiger partial charge >= 0.3 is 0 Å². The second-order valence-electron chi connectivity index (χ2n) is 5.01. The average Bonchev–Trinajstić information content (AvgIpc) is 2.61. The van der Waals surface area contributed by atoms with Crippen molar-refractivity contribution >= 4 is 5.82 Å². The Morgan fingerprint density at radius 1 is 1.33 bits per heavy atom. The van der Waals surface area contributed by atoms with Crippen molar-refractivity contribution in [2.75, 3.05) is 31.1 Å². The first-order chi connectivity index (χ1) is 8.59. The minimum atomic E-state index is -2.81. The fourth-order valence-corrected chi connectivity index (χ4v) is 2.84. The number of halogens is 2. The van der Waals surface area contributed by atoms with Crippen LogP contribution in [0.15, 0.2) is 6.33 Å². The summed E-state index contributed by atoms with van der Waals surface area (Å²) >= 11 is 0. The van der Waals surface area contributed by atoms with Crippen LogP contribution in [-0.2, 0) is 5.92 Å². The van der Waals surface area contributed by atoms with Crippen molar-refractivity contribution < 1.29 is 8.78 Å². The van der Waals surface area contributed by atoms with Crippen LogP contribution in [0, 0.1) is 0 Å². The lowest BCUT2D eigenvalue weighted by Gasteiger charge is -2.30. The van der Waals surface area contributed by atoms with E-state index in [9.17, 15) is 8.78 Å². The van der Waals surface area contributed by atoms with E-state index in [4.69, 9.17) is 0 Å². The van der Waals surface area contributed by atoms with Gasteiger partial charge in [-0.15, -0.1) is 0 Å². The van der Waals surface area contributed by atoms with Gasteiger partial charge in [-0.3, -0.25) is 0 Å². The lowest BCUT2D eigenvalue weighted by Crippen LogP contribution is -2.44. The van der Waals surface area contributed by atoms with E-state index in [1.807, 2.05) is 6.92 Å². The van der Waals surface area contributed by atoms with E-state index in [0.717, 1.165) is 26.2 Å². The van der Waals surface area contributed by atoms with Gasteiger partial charge in [-0.1, -0.05) is 6.92 Å². The Labute approximate surface area is 104 Å². The van der Waals surface area contributed by atoms with E-state index in [-0.39, 0.29) is 18.0 Å². The number of nitrogens with one attached hydrogen (secondary N) is 1. The van der Waals surface area contributed by atoms with E-state index in [0.29, 0.717) is 11.4 Å². The number of rotatable bonds is 1. The molecule has 1 aliphatic heterocycles. The molecular weight excluding hydrogens is 238 g/mol. The quantitative estimate of drug-likeness (QED) is 0.824. The van der Waals surface area contributed by atoms with Crippen LogP contribution in [0.3, 0.4) is 0 Å². The fourth-order valence-electron chi connectivity index (χ4n) is 2.84. The summed E-state index contributed by atoms with van der Waals surface area (Å²) < 4.78 is 27.6. The van der Waals surface area contributed by atoms with Crippen molar-refractivity contribution in [2.45, 2.75) is 25.2 Å². The molecule has 0 amide bonds.